The van der Waals surface area contributed by atoms with Crippen molar-refractivity contribution in [2.75, 3.05) is 10.2 Å². The van der Waals surface area contributed by atoms with Gasteiger partial charge in [-0.25, -0.2) is 4.79 Å². The number of thiophene rings is 1. The molecule has 0 bridgehead atoms. The number of carboxylic acids is 1. The van der Waals surface area contributed by atoms with Crippen molar-refractivity contribution in [3.05, 3.63) is 46.3 Å². The number of anilines is 2. The number of fused-ring (bicyclic) bond motifs is 1. The fourth-order valence-corrected chi connectivity index (χ4v) is 5.07. The Labute approximate surface area is 167 Å². The lowest BCUT2D eigenvalue weighted by molar-refractivity contribution is -0.117. The van der Waals surface area contributed by atoms with E-state index in [1.54, 1.807) is 31.2 Å². The van der Waals surface area contributed by atoms with Crippen LogP contribution in [0.4, 0.5) is 10.7 Å². The van der Waals surface area contributed by atoms with E-state index in [9.17, 15) is 14.7 Å². The Kier molecular flexibility index (Phi) is 4.60. The standard InChI is InChI=1S/C21H21N3O3S/c1-11-19(23-18-8-6-15(10-22)28-18)16-9-14(21(26)27)5-7-17(16)24(12(2)25)20(11)13-3-4-13/h5-9,11,13,19-20,23H,3-4H2,1-2H3,(H,26,27)/t11-,19-,20-/m1/s1. The number of hydrogen-bond donors (Lipinski definition) is 2. The van der Waals surface area contributed by atoms with Crippen molar-refractivity contribution in [3.8, 4) is 6.07 Å². The summed E-state index contributed by atoms with van der Waals surface area (Å²) >= 11 is 1.38. The fourth-order valence-electron chi connectivity index (χ4n) is 4.33. The average Bonchev–Trinajstić information content (AvgIpc) is 3.40. The first-order valence-electron chi connectivity index (χ1n) is 9.34. The lowest BCUT2D eigenvalue weighted by atomic mass is 9.79. The van der Waals surface area contributed by atoms with Crippen molar-refractivity contribution < 1.29 is 14.7 Å². The van der Waals surface area contributed by atoms with Gasteiger partial charge in [0, 0.05) is 24.6 Å². The molecule has 1 aliphatic heterocycles. The van der Waals surface area contributed by atoms with Crippen molar-refractivity contribution in [2.45, 2.75) is 38.8 Å². The minimum absolute atomic E-state index is 0.0191. The van der Waals surface area contributed by atoms with Gasteiger partial charge >= 0.3 is 5.97 Å². The van der Waals surface area contributed by atoms with E-state index in [0.29, 0.717) is 10.8 Å². The Bertz CT molecular complexity index is 989. The molecule has 1 fully saturated rings. The second-order valence-corrected chi connectivity index (χ2v) is 8.64. The molecule has 1 aliphatic carbocycles. The summed E-state index contributed by atoms with van der Waals surface area (Å²) in [5.41, 5.74) is 1.79. The Hall–Kier alpha value is -2.85. The Morgan fingerprint density at radius 3 is 2.61 bits per heavy atom. The van der Waals surface area contributed by atoms with Crippen LogP contribution in [-0.2, 0) is 4.79 Å². The molecule has 3 atom stereocenters. The van der Waals surface area contributed by atoms with E-state index in [1.807, 2.05) is 11.0 Å². The summed E-state index contributed by atoms with van der Waals surface area (Å²) in [5, 5.41) is 22.9. The molecule has 1 amide bonds. The highest BCUT2D eigenvalue weighted by Gasteiger charge is 2.47. The van der Waals surface area contributed by atoms with Gasteiger partial charge in [-0.05, 0) is 54.7 Å². The van der Waals surface area contributed by atoms with E-state index in [4.69, 9.17) is 5.26 Å². The van der Waals surface area contributed by atoms with Gasteiger partial charge in [-0.1, -0.05) is 6.92 Å². The van der Waals surface area contributed by atoms with Gasteiger partial charge in [-0.3, -0.25) is 4.79 Å². The van der Waals surface area contributed by atoms with Crippen molar-refractivity contribution in [1.29, 1.82) is 5.26 Å². The van der Waals surface area contributed by atoms with Crippen LogP contribution in [0.3, 0.4) is 0 Å². The number of nitrogens with zero attached hydrogens (tertiary/aromatic N) is 2. The first kappa shape index (κ1) is 18.5. The second kappa shape index (κ2) is 6.95. The predicted octanol–water partition coefficient (Wildman–Crippen LogP) is 4.25. The summed E-state index contributed by atoms with van der Waals surface area (Å²) in [4.78, 5) is 26.5. The van der Waals surface area contributed by atoms with Crippen LogP contribution in [0.1, 0.15) is 53.5 Å². The molecule has 1 aromatic heterocycles. The monoisotopic (exact) mass is 395 g/mol. The SMILES string of the molecule is CC(=O)N1c2ccc(C(=O)O)cc2[C@H](Nc2ccc(C#N)s2)[C@@H](C)[C@@H]1C1CC1. The molecule has 1 saturated carbocycles. The largest absolute Gasteiger partial charge is 0.478 e. The van der Waals surface area contributed by atoms with Crippen LogP contribution < -0.4 is 10.2 Å². The van der Waals surface area contributed by atoms with Crippen LogP contribution in [0.2, 0.25) is 0 Å². The molecule has 2 N–H and O–H groups in total. The number of benzene rings is 1. The van der Waals surface area contributed by atoms with Crippen molar-refractivity contribution >= 4 is 33.9 Å². The van der Waals surface area contributed by atoms with Crippen LogP contribution >= 0.6 is 11.3 Å². The maximum absolute atomic E-state index is 12.5. The molecular formula is C21H21N3O3S. The number of carbonyl (C=O) groups excluding carboxylic acids is 1. The lowest BCUT2D eigenvalue weighted by Gasteiger charge is -2.46. The lowest BCUT2D eigenvalue weighted by Crippen LogP contribution is -2.51. The van der Waals surface area contributed by atoms with E-state index in [-0.39, 0.29) is 29.5 Å². The van der Waals surface area contributed by atoms with Gasteiger partial charge in [0.2, 0.25) is 5.91 Å². The third-order valence-corrected chi connectivity index (χ3v) is 6.61. The summed E-state index contributed by atoms with van der Waals surface area (Å²) in [6, 6.07) is 10.7. The number of carbonyl (C=O) groups is 2. The van der Waals surface area contributed by atoms with Gasteiger partial charge in [0.05, 0.1) is 16.6 Å². The zero-order valence-electron chi connectivity index (χ0n) is 15.7. The number of nitriles is 1. The molecule has 0 spiro atoms. The summed E-state index contributed by atoms with van der Waals surface area (Å²) < 4.78 is 0. The van der Waals surface area contributed by atoms with Crippen molar-refractivity contribution in [2.24, 2.45) is 11.8 Å². The second-order valence-electron chi connectivity index (χ2n) is 7.55. The highest BCUT2D eigenvalue weighted by molar-refractivity contribution is 7.16. The first-order chi connectivity index (χ1) is 13.4. The zero-order valence-corrected chi connectivity index (χ0v) is 16.5. The quantitative estimate of drug-likeness (QED) is 0.807. The topological polar surface area (TPSA) is 93.4 Å². The fraction of sp³-hybridized carbons (Fsp3) is 0.381. The summed E-state index contributed by atoms with van der Waals surface area (Å²) in [7, 11) is 0. The highest BCUT2D eigenvalue weighted by Crippen LogP contribution is 2.50. The van der Waals surface area contributed by atoms with Crippen LogP contribution in [0.25, 0.3) is 0 Å². The predicted molar refractivity (Wildman–Crippen MR) is 108 cm³/mol. The molecule has 0 saturated heterocycles. The first-order valence-corrected chi connectivity index (χ1v) is 10.2. The van der Waals surface area contributed by atoms with Gasteiger partial charge in [-0.2, -0.15) is 5.26 Å². The van der Waals surface area contributed by atoms with Gasteiger partial charge < -0.3 is 15.3 Å². The van der Waals surface area contributed by atoms with E-state index in [2.05, 4.69) is 18.3 Å². The minimum atomic E-state index is -0.990. The maximum atomic E-state index is 12.5. The molecule has 2 aliphatic rings. The van der Waals surface area contributed by atoms with Crippen molar-refractivity contribution in [1.82, 2.24) is 0 Å². The highest BCUT2D eigenvalue weighted by atomic mass is 32.1. The number of hydrogen-bond acceptors (Lipinski definition) is 5. The summed E-state index contributed by atoms with van der Waals surface area (Å²) in [5.74, 6) is -0.445. The Morgan fingerprint density at radius 2 is 2.04 bits per heavy atom. The molecule has 144 valence electrons. The molecule has 0 unspecified atom stereocenters. The molecule has 2 aromatic rings. The number of carboxylic acid groups (broad SMARTS) is 1. The molecule has 4 rings (SSSR count). The number of nitrogens with one attached hydrogen (secondary N) is 1. The number of amides is 1. The van der Waals surface area contributed by atoms with E-state index >= 15 is 0 Å². The van der Waals surface area contributed by atoms with Crippen LogP contribution in [-0.4, -0.2) is 23.0 Å². The summed E-state index contributed by atoms with van der Waals surface area (Å²) in [6.07, 6.45) is 2.21. The van der Waals surface area contributed by atoms with E-state index < -0.39 is 5.97 Å². The van der Waals surface area contributed by atoms with E-state index in [1.165, 1.54) is 11.3 Å². The van der Waals surface area contributed by atoms with Gasteiger partial charge in [-0.15, -0.1) is 11.3 Å². The smallest absolute Gasteiger partial charge is 0.335 e. The molecule has 2 heterocycles. The maximum Gasteiger partial charge on any atom is 0.335 e. The molecular weight excluding hydrogens is 374 g/mol. The summed E-state index contributed by atoms with van der Waals surface area (Å²) in [6.45, 7) is 3.69. The van der Waals surface area contributed by atoms with Crippen LogP contribution in [0, 0.1) is 23.2 Å². The third-order valence-electron chi connectivity index (χ3n) is 5.69. The molecule has 28 heavy (non-hydrogen) atoms. The molecule has 0 radical (unpaired) electrons. The molecule has 7 heteroatoms. The normalized spacial score (nSPS) is 23.6. The Balaban J connectivity index is 1.82. The number of aromatic carboxylic acids is 1. The van der Waals surface area contributed by atoms with Gasteiger partial charge in [0.25, 0.3) is 0 Å². The van der Waals surface area contributed by atoms with Gasteiger partial charge in [0.15, 0.2) is 0 Å². The number of rotatable bonds is 4. The van der Waals surface area contributed by atoms with Crippen molar-refractivity contribution in [3.63, 3.8) is 0 Å². The zero-order chi connectivity index (χ0) is 20.0. The third kappa shape index (κ3) is 3.14. The van der Waals surface area contributed by atoms with Crippen LogP contribution in [0.15, 0.2) is 30.3 Å². The Morgan fingerprint density at radius 1 is 1.29 bits per heavy atom. The minimum Gasteiger partial charge on any atom is -0.478 e. The van der Waals surface area contributed by atoms with Gasteiger partial charge in [0.1, 0.15) is 10.9 Å². The van der Waals surface area contributed by atoms with Crippen LogP contribution in [0.5, 0.6) is 0 Å². The van der Waals surface area contributed by atoms with E-state index in [0.717, 1.165) is 29.1 Å². The molecule has 6 nitrogen and oxygen atoms in total. The average molecular weight is 395 g/mol. The molecule has 1 aromatic carbocycles.